The van der Waals surface area contributed by atoms with E-state index in [1.165, 1.54) is 11.1 Å². The van der Waals surface area contributed by atoms with Crippen molar-refractivity contribution in [2.45, 2.75) is 45.6 Å². The van der Waals surface area contributed by atoms with Crippen LogP contribution in [0.4, 0.5) is 10.5 Å². The monoisotopic (exact) mass is 289 g/mol. The third-order valence-corrected chi connectivity index (χ3v) is 3.84. The first-order chi connectivity index (χ1) is 9.70. The zero-order valence-corrected chi connectivity index (χ0v) is 13.1. The molecule has 1 aromatic carbocycles. The molecule has 5 heteroatoms. The molecule has 3 N–H and O–H groups in total. The van der Waals surface area contributed by atoms with Gasteiger partial charge in [-0.1, -0.05) is 32.9 Å². The van der Waals surface area contributed by atoms with E-state index in [4.69, 9.17) is 5.73 Å². The number of carbonyl (C=O) groups excluding carboxylic acids is 2. The Morgan fingerprint density at radius 2 is 2.00 bits per heavy atom. The molecule has 1 aliphatic rings. The van der Waals surface area contributed by atoms with Crippen LogP contribution < -0.4 is 16.0 Å². The van der Waals surface area contributed by atoms with Crippen LogP contribution in [0.3, 0.4) is 0 Å². The lowest BCUT2D eigenvalue weighted by Crippen LogP contribution is -2.48. The average molecular weight is 289 g/mol. The van der Waals surface area contributed by atoms with Crippen LogP contribution in [0.1, 0.15) is 38.8 Å². The highest BCUT2D eigenvalue weighted by Gasteiger charge is 2.29. The van der Waals surface area contributed by atoms with Crippen LogP contribution in [0.5, 0.6) is 0 Å². The number of hydrogen-bond acceptors (Lipinski definition) is 2. The number of nitrogens with two attached hydrogens (primary N) is 1. The van der Waals surface area contributed by atoms with Crippen molar-refractivity contribution in [1.29, 1.82) is 0 Å². The molecule has 1 atom stereocenters. The summed E-state index contributed by atoms with van der Waals surface area (Å²) >= 11 is 0. The lowest BCUT2D eigenvalue weighted by atomic mass is 9.86. The quantitative estimate of drug-likeness (QED) is 0.873. The van der Waals surface area contributed by atoms with E-state index in [0.29, 0.717) is 6.54 Å². The fourth-order valence-electron chi connectivity index (χ4n) is 2.61. The highest BCUT2D eigenvalue weighted by molar-refractivity contribution is 6.00. The van der Waals surface area contributed by atoms with E-state index in [0.717, 1.165) is 12.1 Å². The maximum atomic E-state index is 12.4. The Morgan fingerprint density at radius 3 is 2.57 bits per heavy atom. The minimum Gasteiger partial charge on any atom is -0.352 e. The molecule has 1 aromatic rings. The molecule has 21 heavy (non-hydrogen) atoms. The summed E-state index contributed by atoms with van der Waals surface area (Å²) in [5, 5.41) is 2.43. The summed E-state index contributed by atoms with van der Waals surface area (Å²) in [4.78, 5) is 25.0. The van der Waals surface area contributed by atoms with E-state index in [9.17, 15) is 9.59 Å². The molecule has 1 aliphatic heterocycles. The van der Waals surface area contributed by atoms with Crippen LogP contribution >= 0.6 is 0 Å². The van der Waals surface area contributed by atoms with Gasteiger partial charge in [-0.2, -0.15) is 0 Å². The van der Waals surface area contributed by atoms with E-state index < -0.39 is 12.1 Å². The number of rotatable bonds is 2. The molecule has 0 radical (unpaired) electrons. The van der Waals surface area contributed by atoms with Gasteiger partial charge in [-0.25, -0.2) is 4.79 Å². The standard InChI is InChI=1S/C16H23N3O2/c1-10(18-15(17)21)14(20)19-8-7-11-9-12(16(2,3)4)5-6-13(11)19/h5-6,9-10H,7-8H2,1-4H3,(H3,17,18,21)/t10-/m0/s1. The number of amides is 3. The molecular weight excluding hydrogens is 266 g/mol. The fraction of sp³-hybridized carbons (Fsp3) is 0.500. The van der Waals surface area contributed by atoms with Crippen molar-refractivity contribution in [3.8, 4) is 0 Å². The number of hydrogen-bond donors (Lipinski definition) is 2. The number of carbonyl (C=O) groups is 2. The molecule has 0 aliphatic carbocycles. The molecule has 0 aromatic heterocycles. The molecule has 3 amide bonds. The Bertz CT molecular complexity index is 575. The second-order valence-corrected chi connectivity index (χ2v) is 6.56. The Hall–Kier alpha value is -2.04. The van der Waals surface area contributed by atoms with Crippen molar-refractivity contribution in [3.63, 3.8) is 0 Å². The first-order valence-electron chi connectivity index (χ1n) is 7.21. The van der Waals surface area contributed by atoms with Crippen molar-refractivity contribution in [3.05, 3.63) is 29.3 Å². The molecule has 0 fully saturated rings. The maximum absolute atomic E-state index is 12.4. The van der Waals surface area contributed by atoms with Gasteiger partial charge in [0.25, 0.3) is 0 Å². The smallest absolute Gasteiger partial charge is 0.312 e. The van der Waals surface area contributed by atoms with Crippen LogP contribution in [0.15, 0.2) is 18.2 Å². The van der Waals surface area contributed by atoms with Gasteiger partial charge in [-0.3, -0.25) is 4.79 Å². The molecule has 1 heterocycles. The predicted molar refractivity (Wildman–Crippen MR) is 83.4 cm³/mol. The van der Waals surface area contributed by atoms with Gasteiger partial charge in [0.1, 0.15) is 6.04 Å². The average Bonchev–Trinajstić information content (AvgIpc) is 2.78. The highest BCUT2D eigenvalue weighted by Crippen LogP contribution is 2.33. The van der Waals surface area contributed by atoms with Gasteiger partial charge in [0.05, 0.1) is 0 Å². The van der Waals surface area contributed by atoms with Crippen molar-refractivity contribution >= 4 is 17.6 Å². The minimum absolute atomic E-state index is 0.0906. The molecule has 5 nitrogen and oxygen atoms in total. The summed E-state index contributed by atoms with van der Waals surface area (Å²) in [6.45, 7) is 8.81. The number of primary amides is 1. The van der Waals surface area contributed by atoms with Gasteiger partial charge in [-0.15, -0.1) is 0 Å². The molecule has 0 unspecified atom stereocenters. The van der Waals surface area contributed by atoms with Crippen molar-refractivity contribution in [2.24, 2.45) is 5.73 Å². The van der Waals surface area contributed by atoms with Crippen LogP contribution in [0, 0.1) is 0 Å². The molecular formula is C16H23N3O2. The van der Waals surface area contributed by atoms with Gasteiger partial charge in [0, 0.05) is 12.2 Å². The van der Waals surface area contributed by atoms with Gasteiger partial charge in [0.2, 0.25) is 5.91 Å². The zero-order chi connectivity index (χ0) is 15.8. The highest BCUT2D eigenvalue weighted by atomic mass is 16.2. The van der Waals surface area contributed by atoms with Crippen LogP contribution in [0.2, 0.25) is 0 Å². The lowest BCUT2D eigenvalue weighted by Gasteiger charge is -2.23. The summed E-state index contributed by atoms with van der Waals surface area (Å²) in [5.74, 6) is -0.129. The summed E-state index contributed by atoms with van der Waals surface area (Å²) in [5.41, 5.74) is 8.54. The SMILES string of the molecule is C[C@H](NC(N)=O)C(=O)N1CCc2cc(C(C)(C)C)ccc21. The van der Waals surface area contributed by atoms with Gasteiger partial charge in [-0.05, 0) is 36.0 Å². The first kappa shape index (κ1) is 15.4. The van der Waals surface area contributed by atoms with Crippen LogP contribution in [0.25, 0.3) is 0 Å². The van der Waals surface area contributed by atoms with E-state index in [2.05, 4.69) is 38.2 Å². The molecule has 0 saturated heterocycles. The number of urea groups is 1. The topological polar surface area (TPSA) is 75.4 Å². The number of anilines is 1. The zero-order valence-electron chi connectivity index (χ0n) is 13.1. The van der Waals surface area contributed by atoms with Crippen LogP contribution in [-0.4, -0.2) is 24.5 Å². The Balaban J connectivity index is 2.23. The van der Waals surface area contributed by atoms with Crippen molar-refractivity contribution in [1.82, 2.24) is 5.32 Å². The van der Waals surface area contributed by atoms with Gasteiger partial charge >= 0.3 is 6.03 Å². The van der Waals surface area contributed by atoms with E-state index in [-0.39, 0.29) is 11.3 Å². The van der Waals surface area contributed by atoms with E-state index >= 15 is 0 Å². The summed E-state index contributed by atoms with van der Waals surface area (Å²) in [6, 6.07) is 4.94. The molecule has 0 spiro atoms. The van der Waals surface area contributed by atoms with E-state index in [1.54, 1.807) is 11.8 Å². The molecule has 0 bridgehead atoms. The number of nitrogens with zero attached hydrogens (tertiary/aromatic N) is 1. The largest absolute Gasteiger partial charge is 0.352 e. The number of nitrogens with one attached hydrogen (secondary N) is 1. The summed E-state index contributed by atoms with van der Waals surface area (Å²) in [6.07, 6.45) is 0.842. The second-order valence-electron chi connectivity index (χ2n) is 6.56. The lowest BCUT2D eigenvalue weighted by molar-refractivity contribution is -0.119. The third-order valence-electron chi connectivity index (χ3n) is 3.84. The normalized spacial score (nSPS) is 15.5. The molecule has 0 saturated carbocycles. The minimum atomic E-state index is -0.682. The second kappa shape index (κ2) is 5.39. The van der Waals surface area contributed by atoms with Crippen molar-refractivity contribution < 1.29 is 9.59 Å². The van der Waals surface area contributed by atoms with E-state index in [1.807, 2.05) is 6.07 Å². The first-order valence-corrected chi connectivity index (χ1v) is 7.21. The fourth-order valence-corrected chi connectivity index (χ4v) is 2.61. The third kappa shape index (κ3) is 3.17. The number of benzene rings is 1. The summed E-state index contributed by atoms with van der Waals surface area (Å²) < 4.78 is 0. The van der Waals surface area contributed by atoms with Crippen molar-refractivity contribution in [2.75, 3.05) is 11.4 Å². The molecule has 2 rings (SSSR count). The maximum Gasteiger partial charge on any atom is 0.312 e. The Kier molecular flexibility index (Phi) is 3.94. The summed E-state index contributed by atoms with van der Waals surface area (Å²) in [7, 11) is 0. The molecule has 114 valence electrons. The van der Waals surface area contributed by atoms with Gasteiger partial charge < -0.3 is 16.0 Å². The Labute approximate surface area is 125 Å². The number of fused-ring (bicyclic) bond motifs is 1. The predicted octanol–water partition coefficient (Wildman–Crippen LogP) is 1.93. The van der Waals surface area contributed by atoms with Gasteiger partial charge in [0.15, 0.2) is 0 Å². The van der Waals surface area contributed by atoms with Crippen LogP contribution in [-0.2, 0) is 16.6 Å². The Morgan fingerprint density at radius 1 is 1.33 bits per heavy atom.